The minimum Gasteiger partial charge on any atom is -0.493 e. The predicted octanol–water partition coefficient (Wildman–Crippen LogP) is 1.85. The molecule has 0 radical (unpaired) electrons. The minimum absolute atomic E-state index is 0.654. The number of hydrogen-bond donors (Lipinski definition) is 2. The molecule has 0 unspecified atom stereocenters. The number of methoxy groups -OCH3 is 2. The van der Waals surface area contributed by atoms with E-state index in [9.17, 15) is 0 Å². The third-order valence-corrected chi connectivity index (χ3v) is 2.60. The molecule has 2 aromatic rings. The van der Waals surface area contributed by atoms with Gasteiger partial charge in [0.1, 0.15) is 0 Å². The van der Waals surface area contributed by atoms with Crippen LogP contribution in [0.5, 0.6) is 11.5 Å². The fourth-order valence-corrected chi connectivity index (χ4v) is 1.80. The van der Waals surface area contributed by atoms with Crippen LogP contribution in [0, 0.1) is 6.92 Å². The molecular formula is C12H15N3O2. The molecule has 0 aliphatic heterocycles. The van der Waals surface area contributed by atoms with E-state index in [1.165, 1.54) is 0 Å². The Balaban J connectivity index is 2.77. The number of hydrogen-bond acceptors (Lipinski definition) is 5. The second-order valence-electron chi connectivity index (χ2n) is 3.68. The van der Waals surface area contributed by atoms with Crippen LogP contribution in [0.25, 0.3) is 10.9 Å². The zero-order valence-corrected chi connectivity index (χ0v) is 10.1. The van der Waals surface area contributed by atoms with Crippen LogP contribution in [-0.2, 0) is 0 Å². The van der Waals surface area contributed by atoms with Crippen molar-refractivity contribution in [3.8, 4) is 11.5 Å². The molecule has 0 aliphatic carbocycles. The average molecular weight is 233 g/mol. The van der Waals surface area contributed by atoms with E-state index in [-0.39, 0.29) is 0 Å². The molecule has 0 saturated heterocycles. The number of hydrazine groups is 1. The lowest BCUT2D eigenvalue weighted by Crippen LogP contribution is -2.08. The molecule has 1 aromatic heterocycles. The van der Waals surface area contributed by atoms with Crippen LogP contribution in [0.1, 0.15) is 5.69 Å². The summed E-state index contributed by atoms with van der Waals surface area (Å²) in [7, 11) is 3.20. The fourth-order valence-electron chi connectivity index (χ4n) is 1.80. The van der Waals surface area contributed by atoms with Crippen molar-refractivity contribution in [1.82, 2.24) is 4.98 Å². The number of nitrogens with two attached hydrogens (primary N) is 1. The molecule has 17 heavy (non-hydrogen) atoms. The number of aromatic nitrogens is 1. The molecule has 2 rings (SSSR count). The largest absolute Gasteiger partial charge is 0.493 e. The summed E-state index contributed by atoms with van der Waals surface area (Å²) in [6.45, 7) is 1.91. The lowest BCUT2D eigenvalue weighted by Gasteiger charge is -2.12. The number of pyridine rings is 1. The molecule has 0 atom stereocenters. The van der Waals surface area contributed by atoms with E-state index in [4.69, 9.17) is 15.3 Å². The molecule has 1 heterocycles. The summed E-state index contributed by atoms with van der Waals surface area (Å²) in [5, 5.41) is 0.899. The first-order valence-corrected chi connectivity index (χ1v) is 5.19. The van der Waals surface area contributed by atoms with Gasteiger partial charge in [0.15, 0.2) is 11.5 Å². The van der Waals surface area contributed by atoms with Crippen molar-refractivity contribution < 1.29 is 9.47 Å². The minimum atomic E-state index is 0.654. The maximum atomic E-state index is 5.50. The molecule has 0 spiro atoms. The van der Waals surface area contributed by atoms with Gasteiger partial charge >= 0.3 is 0 Å². The third-order valence-electron chi connectivity index (χ3n) is 2.60. The van der Waals surface area contributed by atoms with Gasteiger partial charge in [0.2, 0.25) is 0 Å². The monoisotopic (exact) mass is 233 g/mol. The third kappa shape index (κ3) is 1.97. The number of ether oxygens (including phenoxy) is 2. The molecule has 3 N–H and O–H groups in total. The summed E-state index contributed by atoms with van der Waals surface area (Å²) in [5.41, 5.74) is 5.18. The van der Waals surface area contributed by atoms with Crippen LogP contribution in [0.2, 0.25) is 0 Å². The van der Waals surface area contributed by atoms with E-state index in [0.717, 1.165) is 22.3 Å². The van der Waals surface area contributed by atoms with Crippen molar-refractivity contribution in [1.29, 1.82) is 0 Å². The van der Waals surface area contributed by atoms with Crippen molar-refractivity contribution in [3.05, 3.63) is 23.9 Å². The Morgan fingerprint density at radius 1 is 1.12 bits per heavy atom. The number of nitrogens with one attached hydrogen (secondary N) is 1. The number of rotatable bonds is 3. The van der Waals surface area contributed by atoms with Crippen LogP contribution < -0.4 is 20.7 Å². The van der Waals surface area contributed by atoms with Crippen molar-refractivity contribution in [2.24, 2.45) is 5.84 Å². The number of nitrogens with zero attached hydrogens (tertiary/aromatic N) is 1. The summed E-state index contributed by atoms with van der Waals surface area (Å²) in [4.78, 5) is 4.44. The highest BCUT2D eigenvalue weighted by Gasteiger charge is 2.10. The van der Waals surface area contributed by atoms with Gasteiger partial charge in [0.25, 0.3) is 0 Å². The zero-order chi connectivity index (χ0) is 12.4. The number of nitrogen functional groups attached to an aromatic ring is 1. The Labute approximate surface area is 99.5 Å². The first-order valence-electron chi connectivity index (χ1n) is 5.19. The first kappa shape index (κ1) is 11.5. The van der Waals surface area contributed by atoms with Gasteiger partial charge < -0.3 is 14.9 Å². The fraction of sp³-hybridized carbons (Fsp3) is 0.250. The summed E-state index contributed by atoms with van der Waals surface area (Å²) in [5.74, 6) is 6.81. The quantitative estimate of drug-likeness (QED) is 0.625. The van der Waals surface area contributed by atoms with Crippen molar-refractivity contribution in [2.75, 3.05) is 19.6 Å². The van der Waals surface area contributed by atoms with Crippen LogP contribution in [-0.4, -0.2) is 19.2 Å². The van der Waals surface area contributed by atoms with Gasteiger partial charge in [0.05, 0.1) is 25.4 Å². The number of aryl methyl sites for hydroxylation is 1. The summed E-state index contributed by atoms with van der Waals surface area (Å²) in [6.07, 6.45) is 0. The Morgan fingerprint density at radius 3 is 2.35 bits per heavy atom. The summed E-state index contributed by atoms with van der Waals surface area (Å²) in [6, 6.07) is 5.58. The van der Waals surface area contributed by atoms with Crippen LogP contribution >= 0.6 is 0 Å². The molecule has 90 valence electrons. The second kappa shape index (κ2) is 4.47. The molecule has 5 heteroatoms. The molecule has 0 fully saturated rings. The molecule has 0 amide bonds. The molecular weight excluding hydrogens is 218 g/mol. The number of benzene rings is 1. The van der Waals surface area contributed by atoms with E-state index in [0.29, 0.717) is 11.5 Å². The van der Waals surface area contributed by atoms with Gasteiger partial charge in [-0.15, -0.1) is 0 Å². The first-order chi connectivity index (χ1) is 8.19. The highest BCUT2D eigenvalue weighted by Crippen LogP contribution is 2.34. The SMILES string of the molecule is COc1cc2nc(C)cc(NN)c2cc1OC. The molecule has 0 bridgehead atoms. The molecule has 0 saturated carbocycles. The smallest absolute Gasteiger partial charge is 0.162 e. The van der Waals surface area contributed by atoms with Crippen molar-refractivity contribution in [3.63, 3.8) is 0 Å². The van der Waals surface area contributed by atoms with E-state index < -0.39 is 0 Å². The normalized spacial score (nSPS) is 10.4. The van der Waals surface area contributed by atoms with E-state index >= 15 is 0 Å². The van der Waals surface area contributed by atoms with E-state index in [1.807, 2.05) is 25.1 Å². The van der Waals surface area contributed by atoms with Crippen LogP contribution in [0.3, 0.4) is 0 Å². The van der Waals surface area contributed by atoms with Gasteiger partial charge in [0, 0.05) is 17.1 Å². The van der Waals surface area contributed by atoms with Crippen molar-refractivity contribution >= 4 is 16.6 Å². The molecule has 5 nitrogen and oxygen atoms in total. The highest BCUT2D eigenvalue weighted by atomic mass is 16.5. The highest BCUT2D eigenvalue weighted by molar-refractivity contribution is 5.93. The van der Waals surface area contributed by atoms with Gasteiger partial charge in [-0.25, -0.2) is 0 Å². The zero-order valence-electron chi connectivity index (χ0n) is 10.1. The molecule has 1 aromatic carbocycles. The van der Waals surface area contributed by atoms with E-state index in [1.54, 1.807) is 14.2 Å². The number of anilines is 1. The topological polar surface area (TPSA) is 69.4 Å². The predicted molar refractivity (Wildman–Crippen MR) is 67.4 cm³/mol. The standard InChI is InChI=1S/C12H15N3O2/c1-7-4-10(15-13)8-5-11(16-2)12(17-3)6-9(8)14-7/h4-6H,13H2,1-3H3,(H,14,15). The Morgan fingerprint density at radius 2 is 1.76 bits per heavy atom. The Hall–Kier alpha value is -2.01. The maximum Gasteiger partial charge on any atom is 0.162 e. The Bertz CT molecular complexity index is 555. The summed E-state index contributed by atoms with van der Waals surface area (Å²) >= 11 is 0. The molecule has 0 aliphatic rings. The van der Waals surface area contributed by atoms with E-state index in [2.05, 4.69) is 10.4 Å². The summed E-state index contributed by atoms with van der Waals surface area (Å²) < 4.78 is 10.5. The van der Waals surface area contributed by atoms with Gasteiger partial charge in [-0.3, -0.25) is 10.8 Å². The van der Waals surface area contributed by atoms with Gasteiger partial charge in [-0.1, -0.05) is 0 Å². The van der Waals surface area contributed by atoms with Crippen molar-refractivity contribution in [2.45, 2.75) is 6.92 Å². The van der Waals surface area contributed by atoms with Gasteiger partial charge in [-0.05, 0) is 19.1 Å². The lowest BCUT2D eigenvalue weighted by atomic mass is 10.1. The lowest BCUT2D eigenvalue weighted by molar-refractivity contribution is 0.356. The average Bonchev–Trinajstić information content (AvgIpc) is 2.35. The van der Waals surface area contributed by atoms with Crippen LogP contribution in [0.15, 0.2) is 18.2 Å². The number of fused-ring (bicyclic) bond motifs is 1. The second-order valence-corrected chi connectivity index (χ2v) is 3.68. The Kier molecular flexibility index (Phi) is 3.01. The maximum absolute atomic E-state index is 5.50. The van der Waals surface area contributed by atoms with Crippen LogP contribution in [0.4, 0.5) is 5.69 Å². The van der Waals surface area contributed by atoms with Gasteiger partial charge in [-0.2, -0.15) is 0 Å².